The highest BCUT2D eigenvalue weighted by Gasteiger charge is 2.50. The SMILES string of the molecule is CC(C)OC[C@H]1OC(OC(C)C)[C@@H](OC(C)C)[C@@H](OC(C)C)[C@@H]1OC(C)C. The molecule has 1 unspecified atom stereocenters. The Kier molecular flexibility index (Phi) is 10.7. The predicted octanol–water partition coefficient (Wildman–Crippen LogP) is 3.94. The zero-order chi connectivity index (χ0) is 20.7. The van der Waals surface area contributed by atoms with Crippen molar-refractivity contribution < 1.29 is 28.4 Å². The number of ether oxygens (including phenoxy) is 6. The molecule has 1 saturated heterocycles. The van der Waals surface area contributed by atoms with Gasteiger partial charge in [-0.1, -0.05) is 0 Å². The predicted molar refractivity (Wildman–Crippen MR) is 106 cm³/mol. The molecule has 0 amide bonds. The number of hydrogen-bond donors (Lipinski definition) is 0. The molecule has 6 heteroatoms. The molecular formula is C21H42O6. The molecule has 0 N–H and O–H groups in total. The van der Waals surface area contributed by atoms with Crippen molar-refractivity contribution in [2.75, 3.05) is 6.61 Å². The molecule has 5 atom stereocenters. The average molecular weight is 391 g/mol. The van der Waals surface area contributed by atoms with Crippen molar-refractivity contribution >= 4 is 0 Å². The first-order valence-electron chi connectivity index (χ1n) is 10.4. The van der Waals surface area contributed by atoms with Crippen LogP contribution in [0.15, 0.2) is 0 Å². The monoisotopic (exact) mass is 390 g/mol. The standard InChI is InChI=1S/C21H42O6/c1-12(2)22-11-17-18(23-13(3)4)19(24-14(5)6)20(25-15(7)8)21(27-17)26-16(9)10/h12-21H,11H2,1-10H3/t17-,18-,19+,20+,21?/m1/s1. The maximum Gasteiger partial charge on any atom is 0.187 e. The average Bonchev–Trinajstić information content (AvgIpc) is 2.49. The topological polar surface area (TPSA) is 55.4 Å². The smallest absolute Gasteiger partial charge is 0.187 e. The van der Waals surface area contributed by atoms with Gasteiger partial charge in [0.15, 0.2) is 6.29 Å². The van der Waals surface area contributed by atoms with E-state index in [1.807, 2.05) is 69.2 Å². The van der Waals surface area contributed by atoms with E-state index >= 15 is 0 Å². The summed E-state index contributed by atoms with van der Waals surface area (Å²) in [4.78, 5) is 0. The highest BCUT2D eigenvalue weighted by molar-refractivity contribution is 4.94. The van der Waals surface area contributed by atoms with E-state index in [1.54, 1.807) is 0 Å². The van der Waals surface area contributed by atoms with Gasteiger partial charge < -0.3 is 28.4 Å². The van der Waals surface area contributed by atoms with Gasteiger partial charge in [-0.15, -0.1) is 0 Å². The summed E-state index contributed by atoms with van der Waals surface area (Å²) in [6, 6.07) is 0. The van der Waals surface area contributed by atoms with E-state index in [0.29, 0.717) is 6.61 Å². The molecule has 0 aromatic carbocycles. The van der Waals surface area contributed by atoms with E-state index in [2.05, 4.69) is 0 Å². The number of rotatable bonds is 11. The van der Waals surface area contributed by atoms with Crippen LogP contribution in [0.5, 0.6) is 0 Å². The van der Waals surface area contributed by atoms with Crippen molar-refractivity contribution in [1.29, 1.82) is 0 Å². The van der Waals surface area contributed by atoms with Gasteiger partial charge in [0.1, 0.15) is 24.4 Å². The first-order valence-corrected chi connectivity index (χ1v) is 10.4. The highest BCUT2D eigenvalue weighted by Crippen LogP contribution is 2.32. The summed E-state index contributed by atoms with van der Waals surface area (Å²) in [5.74, 6) is 0. The summed E-state index contributed by atoms with van der Waals surface area (Å²) in [6.07, 6.45) is -1.66. The summed E-state index contributed by atoms with van der Waals surface area (Å²) >= 11 is 0. The molecule has 0 aromatic rings. The lowest BCUT2D eigenvalue weighted by atomic mass is 9.97. The van der Waals surface area contributed by atoms with Crippen molar-refractivity contribution in [2.24, 2.45) is 0 Å². The lowest BCUT2D eigenvalue weighted by Crippen LogP contribution is -2.63. The Morgan fingerprint density at radius 3 is 1.44 bits per heavy atom. The number of hydrogen-bond acceptors (Lipinski definition) is 6. The molecule has 27 heavy (non-hydrogen) atoms. The Labute approximate surface area is 166 Å². The van der Waals surface area contributed by atoms with Crippen LogP contribution in [0.2, 0.25) is 0 Å². The Balaban J connectivity index is 3.19. The molecule has 1 aliphatic rings. The van der Waals surface area contributed by atoms with E-state index in [4.69, 9.17) is 28.4 Å². The second-order valence-corrected chi connectivity index (χ2v) is 8.56. The van der Waals surface area contributed by atoms with Crippen LogP contribution in [0, 0.1) is 0 Å². The van der Waals surface area contributed by atoms with Crippen LogP contribution >= 0.6 is 0 Å². The summed E-state index contributed by atoms with van der Waals surface area (Å²) in [6.45, 7) is 20.5. The molecule has 0 saturated carbocycles. The van der Waals surface area contributed by atoms with E-state index in [0.717, 1.165) is 0 Å². The lowest BCUT2D eigenvalue weighted by Gasteiger charge is -2.47. The fourth-order valence-corrected chi connectivity index (χ4v) is 3.08. The highest BCUT2D eigenvalue weighted by atomic mass is 16.7. The Bertz CT molecular complexity index is 396. The minimum absolute atomic E-state index is 0.00203. The van der Waals surface area contributed by atoms with E-state index in [-0.39, 0.29) is 54.9 Å². The molecule has 6 nitrogen and oxygen atoms in total. The first kappa shape index (κ1) is 24.8. The van der Waals surface area contributed by atoms with Crippen LogP contribution < -0.4 is 0 Å². The lowest BCUT2D eigenvalue weighted by molar-refractivity contribution is -0.340. The van der Waals surface area contributed by atoms with Crippen LogP contribution in [-0.2, 0) is 28.4 Å². The van der Waals surface area contributed by atoms with Crippen molar-refractivity contribution in [1.82, 2.24) is 0 Å². The molecule has 0 radical (unpaired) electrons. The van der Waals surface area contributed by atoms with Gasteiger partial charge in [0.05, 0.1) is 37.1 Å². The Hall–Kier alpha value is -0.240. The molecule has 0 aliphatic carbocycles. The molecule has 1 rings (SSSR count). The van der Waals surface area contributed by atoms with Gasteiger partial charge in [-0.25, -0.2) is 0 Å². The van der Waals surface area contributed by atoms with Gasteiger partial charge in [0.2, 0.25) is 0 Å². The maximum absolute atomic E-state index is 6.31. The Morgan fingerprint density at radius 1 is 0.556 bits per heavy atom. The largest absolute Gasteiger partial charge is 0.376 e. The van der Waals surface area contributed by atoms with Crippen LogP contribution in [0.1, 0.15) is 69.2 Å². The zero-order valence-corrected chi connectivity index (χ0v) is 18.9. The first-order chi connectivity index (χ1) is 12.5. The molecule has 162 valence electrons. The van der Waals surface area contributed by atoms with Gasteiger partial charge in [0, 0.05) is 0 Å². The second kappa shape index (κ2) is 11.7. The summed E-state index contributed by atoms with van der Waals surface area (Å²) in [7, 11) is 0. The molecule has 1 fully saturated rings. The summed E-state index contributed by atoms with van der Waals surface area (Å²) in [5, 5.41) is 0. The minimum atomic E-state index is -0.538. The molecule has 0 aromatic heterocycles. The quantitative estimate of drug-likeness (QED) is 0.533. The van der Waals surface area contributed by atoms with Crippen LogP contribution in [-0.4, -0.2) is 67.8 Å². The van der Waals surface area contributed by atoms with Crippen LogP contribution in [0.4, 0.5) is 0 Å². The molecular weight excluding hydrogens is 348 g/mol. The molecule has 0 spiro atoms. The molecule has 0 bridgehead atoms. The maximum atomic E-state index is 6.31. The van der Waals surface area contributed by atoms with E-state index in [1.165, 1.54) is 0 Å². The fourth-order valence-electron chi connectivity index (χ4n) is 3.08. The van der Waals surface area contributed by atoms with E-state index in [9.17, 15) is 0 Å². The van der Waals surface area contributed by atoms with E-state index < -0.39 is 6.29 Å². The van der Waals surface area contributed by atoms with Gasteiger partial charge in [0.25, 0.3) is 0 Å². The summed E-state index contributed by atoms with van der Waals surface area (Å²) in [5.41, 5.74) is 0. The van der Waals surface area contributed by atoms with Crippen LogP contribution in [0.3, 0.4) is 0 Å². The van der Waals surface area contributed by atoms with Crippen molar-refractivity contribution in [3.05, 3.63) is 0 Å². The Morgan fingerprint density at radius 2 is 1.00 bits per heavy atom. The van der Waals surface area contributed by atoms with Crippen molar-refractivity contribution in [3.8, 4) is 0 Å². The molecule has 1 aliphatic heterocycles. The third-order valence-electron chi connectivity index (χ3n) is 3.88. The van der Waals surface area contributed by atoms with Gasteiger partial charge in [-0.2, -0.15) is 0 Å². The van der Waals surface area contributed by atoms with Gasteiger partial charge >= 0.3 is 0 Å². The summed E-state index contributed by atoms with van der Waals surface area (Å²) < 4.78 is 37.0. The van der Waals surface area contributed by atoms with Gasteiger partial charge in [-0.3, -0.25) is 0 Å². The third kappa shape index (κ3) is 8.75. The normalized spacial score (nSPS) is 29.7. The zero-order valence-electron chi connectivity index (χ0n) is 18.9. The van der Waals surface area contributed by atoms with Crippen LogP contribution in [0.25, 0.3) is 0 Å². The van der Waals surface area contributed by atoms with Gasteiger partial charge in [-0.05, 0) is 69.2 Å². The van der Waals surface area contributed by atoms with Crippen molar-refractivity contribution in [3.63, 3.8) is 0 Å². The van der Waals surface area contributed by atoms with Crippen molar-refractivity contribution in [2.45, 2.75) is 130 Å². The fraction of sp³-hybridized carbons (Fsp3) is 1.00. The molecule has 1 heterocycles. The second-order valence-electron chi connectivity index (χ2n) is 8.56. The third-order valence-corrected chi connectivity index (χ3v) is 3.88. The minimum Gasteiger partial charge on any atom is -0.376 e.